The molecule has 1 aliphatic carbocycles. The van der Waals surface area contributed by atoms with Gasteiger partial charge in [0.2, 0.25) is 0 Å². The molecule has 20 heavy (non-hydrogen) atoms. The first-order chi connectivity index (χ1) is 9.46. The molecule has 1 atom stereocenters. The molecule has 0 radical (unpaired) electrons. The lowest BCUT2D eigenvalue weighted by Gasteiger charge is -2.27. The van der Waals surface area contributed by atoms with Gasteiger partial charge in [0, 0.05) is 19.0 Å². The largest absolute Gasteiger partial charge is 0.345 e. The van der Waals surface area contributed by atoms with E-state index >= 15 is 0 Å². The summed E-state index contributed by atoms with van der Waals surface area (Å²) in [5.41, 5.74) is 1.11. The number of carbonyl (C=O) groups is 1. The molecule has 0 aromatic carbocycles. The monoisotopic (exact) mass is 292 g/mol. The highest BCUT2D eigenvalue weighted by Crippen LogP contribution is 2.40. The van der Waals surface area contributed by atoms with Gasteiger partial charge in [0.05, 0.1) is 10.6 Å². The lowest BCUT2D eigenvalue weighted by molar-refractivity contribution is 0.0916. The molecule has 0 saturated carbocycles. The maximum atomic E-state index is 12.3. The van der Waals surface area contributed by atoms with Gasteiger partial charge in [0.25, 0.3) is 0 Å². The molecule has 0 N–H and O–H groups in total. The summed E-state index contributed by atoms with van der Waals surface area (Å²) in [6, 6.07) is 0.549. The van der Waals surface area contributed by atoms with Crippen LogP contribution in [0.15, 0.2) is 0 Å². The van der Waals surface area contributed by atoms with Crippen LogP contribution in [0.2, 0.25) is 0 Å². The molecule has 3 rings (SSSR count). The fraction of sp³-hybridized carbons (Fsp3) is 0.750. The Labute approximate surface area is 125 Å². The second kappa shape index (κ2) is 5.14. The molecule has 1 aromatic rings. The third-order valence-electron chi connectivity index (χ3n) is 4.52. The summed E-state index contributed by atoms with van der Waals surface area (Å²) in [7, 11) is 0. The number of fused-ring (bicyclic) bond motifs is 1. The molecule has 1 unspecified atom stereocenters. The predicted octanol–water partition coefficient (Wildman–Crippen LogP) is 4.07. The Bertz CT molecular complexity index is 521. The molecule has 0 spiro atoms. The highest BCUT2D eigenvalue weighted by Gasteiger charge is 2.35. The van der Waals surface area contributed by atoms with Crippen LogP contribution in [-0.2, 0) is 6.42 Å². The van der Waals surface area contributed by atoms with Crippen molar-refractivity contribution in [1.82, 2.24) is 4.98 Å². The van der Waals surface area contributed by atoms with Crippen LogP contribution in [0.25, 0.3) is 0 Å². The van der Waals surface area contributed by atoms with Crippen molar-refractivity contribution in [2.45, 2.75) is 65.3 Å². The first-order valence-electron chi connectivity index (χ1n) is 7.76. The van der Waals surface area contributed by atoms with Crippen molar-refractivity contribution in [1.29, 1.82) is 0 Å². The smallest absolute Gasteiger partial charge is 0.186 e. The van der Waals surface area contributed by atoms with E-state index in [9.17, 15) is 4.79 Å². The van der Waals surface area contributed by atoms with Crippen molar-refractivity contribution >= 4 is 22.3 Å². The molecule has 4 heteroatoms. The van der Waals surface area contributed by atoms with E-state index < -0.39 is 0 Å². The second-order valence-corrected chi connectivity index (χ2v) is 8.08. The second-order valence-electron chi connectivity index (χ2n) is 7.10. The van der Waals surface area contributed by atoms with Crippen molar-refractivity contribution in [3.8, 4) is 0 Å². The van der Waals surface area contributed by atoms with E-state index in [-0.39, 0.29) is 5.41 Å². The number of rotatable bonds is 1. The van der Waals surface area contributed by atoms with Crippen LogP contribution >= 0.6 is 11.3 Å². The minimum absolute atomic E-state index is 0.0693. The molecule has 1 aliphatic heterocycles. The van der Waals surface area contributed by atoms with E-state index in [4.69, 9.17) is 4.98 Å². The van der Waals surface area contributed by atoms with Crippen molar-refractivity contribution < 1.29 is 4.79 Å². The quantitative estimate of drug-likeness (QED) is 0.782. The predicted molar refractivity (Wildman–Crippen MR) is 83.8 cm³/mol. The molecule has 2 heterocycles. The van der Waals surface area contributed by atoms with E-state index in [1.54, 1.807) is 11.3 Å². The van der Waals surface area contributed by atoms with Gasteiger partial charge in [-0.2, -0.15) is 0 Å². The fourth-order valence-electron chi connectivity index (χ4n) is 3.39. The van der Waals surface area contributed by atoms with E-state index in [0.29, 0.717) is 18.2 Å². The summed E-state index contributed by atoms with van der Waals surface area (Å²) < 4.78 is 0. The molecule has 3 nitrogen and oxygen atoms in total. The molecule has 0 amide bonds. The Kier molecular flexibility index (Phi) is 3.61. The SMILES string of the molecule is CC1CCCCCN1c1nc2c(s1)C(=O)CC(C)(C)C2. The minimum Gasteiger partial charge on any atom is -0.345 e. The minimum atomic E-state index is 0.0693. The number of ketones is 1. The van der Waals surface area contributed by atoms with Crippen LogP contribution in [0, 0.1) is 5.41 Å². The number of carbonyl (C=O) groups excluding carboxylic acids is 1. The summed E-state index contributed by atoms with van der Waals surface area (Å²) in [6.07, 6.45) is 6.72. The Morgan fingerprint density at radius 1 is 1.25 bits per heavy atom. The van der Waals surface area contributed by atoms with Gasteiger partial charge in [0.15, 0.2) is 10.9 Å². The van der Waals surface area contributed by atoms with Gasteiger partial charge in [-0.3, -0.25) is 4.79 Å². The van der Waals surface area contributed by atoms with Crippen LogP contribution in [0.3, 0.4) is 0 Å². The van der Waals surface area contributed by atoms with Crippen molar-refractivity contribution in [2.24, 2.45) is 5.41 Å². The van der Waals surface area contributed by atoms with Gasteiger partial charge in [0.1, 0.15) is 0 Å². The average Bonchev–Trinajstić information content (AvgIpc) is 2.63. The molecule has 110 valence electrons. The number of Topliss-reactive ketones (excluding diaryl/α,β-unsaturated/α-hetero) is 1. The first kappa shape index (κ1) is 14.1. The molecule has 2 aliphatic rings. The summed E-state index contributed by atoms with van der Waals surface area (Å²) >= 11 is 1.63. The number of thiazole rings is 1. The zero-order valence-corrected chi connectivity index (χ0v) is 13.6. The Hall–Kier alpha value is -0.900. The number of hydrogen-bond donors (Lipinski definition) is 0. The molecule has 1 saturated heterocycles. The van der Waals surface area contributed by atoms with Crippen LogP contribution in [0.4, 0.5) is 5.13 Å². The van der Waals surface area contributed by atoms with Crippen LogP contribution in [0.1, 0.15) is 68.2 Å². The van der Waals surface area contributed by atoms with Crippen LogP contribution in [-0.4, -0.2) is 23.4 Å². The maximum absolute atomic E-state index is 12.3. The Morgan fingerprint density at radius 2 is 2.05 bits per heavy atom. The van der Waals surface area contributed by atoms with Gasteiger partial charge in [-0.25, -0.2) is 4.98 Å². The normalized spacial score (nSPS) is 26.2. The van der Waals surface area contributed by atoms with Gasteiger partial charge in [-0.15, -0.1) is 0 Å². The van der Waals surface area contributed by atoms with E-state index in [1.165, 1.54) is 25.7 Å². The summed E-state index contributed by atoms with van der Waals surface area (Å²) in [4.78, 5) is 20.5. The summed E-state index contributed by atoms with van der Waals surface area (Å²) in [5, 5.41) is 1.08. The average molecular weight is 292 g/mol. The highest BCUT2D eigenvalue weighted by atomic mass is 32.1. The van der Waals surface area contributed by atoms with Crippen molar-refractivity contribution in [3.63, 3.8) is 0 Å². The van der Waals surface area contributed by atoms with Gasteiger partial charge < -0.3 is 4.90 Å². The third kappa shape index (κ3) is 2.62. The molecule has 0 bridgehead atoms. The topological polar surface area (TPSA) is 33.2 Å². The summed E-state index contributed by atoms with van der Waals surface area (Å²) in [5.74, 6) is 0.294. The first-order valence-corrected chi connectivity index (χ1v) is 8.57. The van der Waals surface area contributed by atoms with Gasteiger partial charge in [-0.1, -0.05) is 38.0 Å². The van der Waals surface area contributed by atoms with Crippen molar-refractivity contribution in [2.75, 3.05) is 11.4 Å². The maximum Gasteiger partial charge on any atom is 0.186 e. The third-order valence-corrected chi connectivity index (χ3v) is 5.70. The fourth-order valence-corrected chi connectivity index (χ4v) is 4.54. The van der Waals surface area contributed by atoms with Crippen LogP contribution < -0.4 is 4.90 Å². The Morgan fingerprint density at radius 3 is 2.85 bits per heavy atom. The zero-order valence-electron chi connectivity index (χ0n) is 12.7. The number of aromatic nitrogens is 1. The van der Waals surface area contributed by atoms with E-state index in [0.717, 1.165) is 28.7 Å². The van der Waals surface area contributed by atoms with Crippen molar-refractivity contribution in [3.05, 3.63) is 10.6 Å². The lowest BCUT2D eigenvalue weighted by atomic mass is 9.78. The highest BCUT2D eigenvalue weighted by molar-refractivity contribution is 7.17. The summed E-state index contributed by atoms with van der Waals surface area (Å²) in [6.45, 7) is 7.71. The van der Waals surface area contributed by atoms with E-state index in [1.807, 2.05) is 0 Å². The van der Waals surface area contributed by atoms with Crippen LogP contribution in [0.5, 0.6) is 0 Å². The zero-order chi connectivity index (χ0) is 14.3. The lowest BCUT2D eigenvalue weighted by Crippen LogP contribution is -2.32. The standard InChI is InChI=1S/C16H24N2OS/c1-11-7-5-4-6-8-18(11)15-17-12-9-16(2,3)10-13(19)14(12)20-15/h11H,4-10H2,1-3H3. The van der Waals surface area contributed by atoms with Gasteiger partial charge >= 0.3 is 0 Å². The molecule has 1 fully saturated rings. The number of anilines is 1. The number of nitrogens with zero attached hydrogens (tertiary/aromatic N) is 2. The molecule has 1 aromatic heterocycles. The molecular weight excluding hydrogens is 268 g/mol. The number of hydrogen-bond acceptors (Lipinski definition) is 4. The van der Waals surface area contributed by atoms with E-state index in [2.05, 4.69) is 25.7 Å². The Balaban J connectivity index is 1.91. The molecular formula is C16H24N2OS. The van der Waals surface area contributed by atoms with Gasteiger partial charge in [-0.05, 0) is 31.6 Å².